The number of carbonyl (C=O) groups is 1. The normalized spacial score (nSPS) is 25.8. The van der Waals surface area contributed by atoms with Crippen molar-refractivity contribution in [3.63, 3.8) is 0 Å². The Balaban J connectivity index is 1.57. The van der Waals surface area contributed by atoms with Gasteiger partial charge in [-0.25, -0.2) is 4.79 Å². The van der Waals surface area contributed by atoms with Crippen molar-refractivity contribution < 1.29 is 4.79 Å². The zero-order valence-corrected chi connectivity index (χ0v) is 12.4. The zero-order valence-electron chi connectivity index (χ0n) is 12.4. The monoisotopic (exact) mass is 288 g/mol. The number of nitrogens with one attached hydrogen (secondary N) is 2. The minimum atomic E-state index is 0.0791. The van der Waals surface area contributed by atoms with Crippen molar-refractivity contribution in [1.82, 2.24) is 20.4 Å². The van der Waals surface area contributed by atoms with E-state index in [-0.39, 0.29) is 12.1 Å². The molecule has 1 aliphatic carbocycles. The second kappa shape index (κ2) is 6.78. The van der Waals surface area contributed by atoms with Crippen LogP contribution in [0.1, 0.15) is 50.1 Å². The molecule has 0 unspecified atom stereocenters. The summed E-state index contributed by atoms with van der Waals surface area (Å²) in [5.74, 6) is 0.594. The van der Waals surface area contributed by atoms with Gasteiger partial charge in [-0.1, -0.05) is 12.2 Å². The second-order valence-electron chi connectivity index (χ2n) is 6.07. The Morgan fingerprint density at radius 1 is 1.38 bits per heavy atom. The van der Waals surface area contributed by atoms with E-state index in [1.165, 1.54) is 12.8 Å². The molecule has 0 bridgehead atoms. The minimum absolute atomic E-state index is 0.0791. The van der Waals surface area contributed by atoms with Gasteiger partial charge in [-0.2, -0.15) is 5.10 Å². The van der Waals surface area contributed by atoms with Crippen LogP contribution in [0.15, 0.2) is 24.5 Å². The van der Waals surface area contributed by atoms with E-state index in [0.717, 1.165) is 44.3 Å². The van der Waals surface area contributed by atoms with Crippen LogP contribution in [0.3, 0.4) is 0 Å². The van der Waals surface area contributed by atoms with Crippen LogP contribution in [0, 0.1) is 5.92 Å². The van der Waals surface area contributed by atoms with E-state index in [1.807, 2.05) is 17.3 Å². The summed E-state index contributed by atoms with van der Waals surface area (Å²) in [6.45, 7) is 1.63. The fraction of sp³-hybridized carbons (Fsp3) is 0.625. The fourth-order valence-electron chi connectivity index (χ4n) is 3.34. The van der Waals surface area contributed by atoms with Gasteiger partial charge in [0.15, 0.2) is 0 Å². The first kappa shape index (κ1) is 14.2. The van der Waals surface area contributed by atoms with Gasteiger partial charge in [0.05, 0.1) is 12.2 Å². The molecule has 3 rings (SSSR count). The number of rotatable bonds is 3. The number of hydrogen-bond acceptors (Lipinski definition) is 2. The number of carbonyl (C=O) groups excluding carboxylic acids is 1. The smallest absolute Gasteiger partial charge is 0.317 e. The average Bonchev–Trinajstić information content (AvgIpc) is 3.08. The maximum absolute atomic E-state index is 12.5. The Labute approximate surface area is 125 Å². The van der Waals surface area contributed by atoms with Crippen molar-refractivity contribution in [2.45, 2.75) is 44.6 Å². The van der Waals surface area contributed by atoms with Gasteiger partial charge in [0.1, 0.15) is 0 Å². The molecule has 0 radical (unpaired) electrons. The highest BCUT2D eigenvalue weighted by atomic mass is 16.2. The highest BCUT2D eigenvalue weighted by Gasteiger charge is 2.28. The third kappa shape index (κ3) is 3.46. The van der Waals surface area contributed by atoms with Crippen molar-refractivity contribution in [3.8, 4) is 0 Å². The summed E-state index contributed by atoms with van der Waals surface area (Å²) in [5, 5.41) is 10.0. The van der Waals surface area contributed by atoms with Crippen LogP contribution in [0.5, 0.6) is 0 Å². The molecular formula is C16H24N4O. The molecule has 2 N–H and O–H groups in total. The number of amides is 2. The molecule has 0 saturated carbocycles. The molecule has 1 aliphatic heterocycles. The molecular weight excluding hydrogens is 264 g/mol. The van der Waals surface area contributed by atoms with Crippen LogP contribution in [-0.4, -0.2) is 34.2 Å². The summed E-state index contributed by atoms with van der Waals surface area (Å²) in [7, 11) is 0. The Kier molecular flexibility index (Phi) is 4.58. The molecule has 114 valence electrons. The predicted molar refractivity (Wildman–Crippen MR) is 81.8 cm³/mol. The van der Waals surface area contributed by atoms with Gasteiger partial charge in [-0.05, 0) is 44.4 Å². The molecule has 2 atom stereocenters. The number of aromatic nitrogens is 2. The lowest BCUT2D eigenvalue weighted by atomic mass is 9.94. The molecule has 1 fully saturated rings. The molecule has 0 spiro atoms. The molecule has 2 amide bonds. The van der Waals surface area contributed by atoms with Crippen LogP contribution < -0.4 is 5.32 Å². The summed E-state index contributed by atoms with van der Waals surface area (Å²) in [6.07, 6.45) is 14.9. The zero-order chi connectivity index (χ0) is 14.5. The van der Waals surface area contributed by atoms with Crippen LogP contribution in [-0.2, 0) is 0 Å². The van der Waals surface area contributed by atoms with E-state index in [2.05, 4.69) is 27.7 Å². The third-order valence-electron chi connectivity index (χ3n) is 4.59. The van der Waals surface area contributed by atoms with Crippen molar-refractivity contribution in [2.24, 2.45) is 5.92 Å². The van der Waals surface area contributed by atoms with E-state index in [9.17, 15) is 4.79 Å². The standard InChI is InChI=1S/C16H24N4O/c21-16(17-10-13-6-2-1-3-7-13)20-9-5-4-8-15(20)14-11-18-19-12-14/h1-2,11-13,15H,3-10H2,(H,17,21)(H,18,19)/t13-,15+/m1/s1. The summed E-state index contributed by atoms with van der Waals surface area (Å²) in [5.41, 5.74) is 1.12. The van der Waals surface area contributed by atoms with Gasteiger partial charge in [0, 0.05) is 24.8 Å². The van der Waals surface area contributed by atoms with E-state index in [1.54, 1.807) is 0 Å². The Morgan fingerprint density at radius 2 is 2.33 bits per heavy atom. The molecule has 0 aromatic carbocycles. The molecule has 1 aromatic heterocycles. The predicted octanol–water partition coefficient (Wildman–Crippen LogP) is 3.00. The topological polar surface area (TPSA) is 61.0 Å². The lowest BCUT2D eigenvalue weighted by Gasteiger charge is -2.35. The first-order chi connectivity index (χ1) is 10.3. The van der Waals surface area contributed by atoms with Crippen LogP contribution >= 0.6 is 0 Å². The quantitative estimate of drug-likeness (QED) is 0.840. The highest BCUT2D eigenvalue weighted by molar-refractivity contribution is 5.74. The number of allylic oxidation sites excluding steroid dienone is 2. The molecule has 1 saturated heterocycles. The summed E-state index contributed by atoms with van der Waals surface area (Å²) in [4.78, 5) is 14.5. The van der Waals surface area contributed by atoms with Crippen LogP contribution in [0.25, 0.3) is 0 Å². The number of hydrogen-bond donors (Lipinski definition) is 2. The molecule has 21 heavy (non-hydrogen) atoms. The highest BCUT2D eigenvalue weighted by Crippen LogP contribution is 2.30. The average molecular weight is 288 g/mol. The maximum atomic E-state index is 12.5. The van der Waals surface area contributed by atoms with Crippen LogP contribution in [0.2, 0.25) is 0 Å². The number of aromatic amines is 1. The number of nitrogens with zero attached hydrogens (tertiary/aromatic N) is 2. The first-order valence-corrected chi connectivity index (χ1v) is 8.03. The largest absolute Gasteiger partial charge is 0.338 e. The van der Waals surface area contributed by atoms with Gasteiger partial charge >= 0.3 is 6.03 Å². The lowest BCUT2D eigenvalue weighted by molar-refractivity contribution is 0.150. The Morgan fingerprint density at radius 3 is 3.10 bits per heavy atom. The SMILES string of the molecule is O=C(NC[C@@H]1CC=CCC1)N1CCCC[C@H]1c1cn[nH]c1. The van der Waals surface area contributed by atoms with Gasteiger partial charge in [-0.3, -0.25) is 5.10 Å². The van der Waals surface area contributed by atoms with E-state index >= 15 is 0 Å². The van der Waals surface area contributed by atoms with E-state index in [0.29, 0.717) is 5.92 Å². The van der Waals surface area contributed by atoms with E-state index in [4.69, 9.17) is 0 Å². The first-order valence-electron chi connectivity index (χ1n) is 8.03. The number of urea groups is 1. The van der Waals surface area contributed by atoms with Gasteiger partial charge < -0.3 is 10.2 Å². The van der Waals surface area contributed by atoms with Gasteiger partial charge in [-0.15, -0.1) is 0 Å². The lowest BCUT2D eigenvalue weighted by Crippen LogP contribution is -2.45. The molecule has 2 aliphatic rings. The molecule has 1 aromatic rings. The Hall–Kier alpha value is -1.78. The maximum Gasteiger partial charge on any atom is 0.317 e. The third-order valence-corrected chi connectivity index (χ3v) is 4.59. The molecule has 5 nitrogen and oxygen atoms in total. The summed E-state index contributed by atoms with van der Waals surface area (Å²) < 4.78 is 0. The fourth-order valence-corrected chi connectivity index (χ4v) is 3.34. The number of H-pyrrole nitrogens is 1. The molecule has 5 heteroatoms. The van der Waals surface area contributed by atoms with Crippen molar-refractivity contribution in [2.75, 3.05) is 13.1 Å². The van der Waals surface area contributed by atoms with E-state index < -0.39 is 0 Å². The summed E-state index contributed by atoms with van der Waals surface area (Å²) >= 11 is 0. The summed E-state index contributed by atoms with van der Waals surface area (Å²) in [6, 6.07) is 0.249. The van der Waals surface area contributed by atoms with Crippen molar-refractivity contribution >= 4 is 6.03 Å². The molecule has 2 heterocycles. The van der Waals surface area contributed by atoms with Gasteiger partial charge in [0.25, 0.3) is 0 Å². The van der Waals surface area contributed by atoms with Crippen molar-refractivity contribution in [3.05, 3.63) is 30.1 Å². The minimum Gasteiger partial charge on any atom is -0.338 e. The van der Waals surface area contributed by atoms with Crippen molar-refractivity contribution in [1.29, 1.82) is 0 Å². The number of likely N-dealkylation sites (tertiary alicyclic amines) is 1. The Bertz CT molecular complexity index is 482. The second-order valence-corrected chi connectivity index (χ2v) is 6.07. The number of piperidine rings is 1. The van der Waals surface area contributed by atoms with Gasteiger partial charge in [0.2, 0.25) is 0 Å². The van der Waals surface area contributed by atoms with Crippen LogP contribution in [0.4, 0.5) is 4.79 Å².